The van der Waals surface area contributed by atoms with Gasteiger partial charge in [0.15, 0.2) is 9.84 Å². The molecule has 0 saturated carbocycles. The van der Waals surface area contributed by atoms with Crippen LogP contribution in [0.25, 0.3) is 0 Å². The predicted octanol–water partition coefficient (Wildman–Crippen LogP) is 0.850. The highest BCUT2D eigenvalue weighted by atomic mass is 32.2. The third kappa shape index (κ3) is 3.03. The number of hydrogen-bond acceptors (Lipinski definition) is 6. The van der Waals surface area contributed by atoms with Gasteiger partial charge in [0.2, 0.25) is 0 Å². The van der Waals surface area contributed by atoms with E-state index >= 15 is 0 Å². The Kier molecular flexibility index (Phi) is 4.12. The van der Waals surface area contributed by atoms with Gasteiger partial charge in [-0.15, -0.1) is 0 Å². The van der Waals surface area contributed by atoms with E-state index in [0.717, 1.165) is 6.26 Å². The Hall–Kier alpha value is -2.29. The fraction of sp³-hybridized carbons (Fsp3) is 0.467. The van der Waals surface area contributed by atoms with Crippen molar-refractivity contribution in [2.45, 2.75) is 31.1 Å². The number of likely N-dealkylation sites (tertiary alicyclic amines) is 1. The zero-order valence-corrected chi connectivity index (χ0v) is 14.6. The Bertz CT molecular complexity index is 890. The van der Waals surface area contributed by atoms with E-state index in [1.807, 2.05) is 0 Å². The highest BCUT2D eigenvalue weighted by Gasteiger charge is 2.32. The van der Waals surface area contributed by atoms with E-state index in [9.17, 15) is 13.2 Å². The van der Waals surface area contributed by atoms with Gasteiger partial charge in [0.05, 0.1) is 23.1 Å². The minimum atomic E-state index is -3.35. The van der Waals surface area contributed by atoms with E-state index < -0.39 is 9.84 Å². The second kappa shape index (κ2) is 5.97. The fourth-order valence-corrected chi connectivity index (χ4v) is 3.87. The quantitative estimate of drug-likeness (QED) is 0.880. The van der Waals surface area contributed by atoms with Gasteiger partial charge in [0.25, 0.3) is 5.91 Å². The first-order valence-electron chi connectivity index (χ1n) is 7.60. The molecular weight excluding hydrogens is 330 g/mol. The van der Waals surface area contributed by atoms with Crippen molar-refractivity contribution in [1.82, 2.24) is 25.1 Å². The summed E-state index contributed by atoms with van der Waals surface area (Å²) in [5.41, 5.74) is 1.70. The summed E-state index contributed by atoms with van der Waals surface area (Å²) >= 11 is 0. The monoisotopic (exact) mass is 349 g/mol. The highest BCUT2D eigenvalue weighted by Crippen LogP contribution is 2.31. The molecule has 1 aliphatic heterocycles. The molecule has 1 atom stereocenters. The summed E-state index contributed by atoms with van der Waals surface area (Å²) in [5.74, 6) is 0.418. The van der Waals surface area contributed by atoms with Gasteiger partial charge in [-0.05, 0) is 20.3 Å². The first kappa shape index (κ1) is 16.6. The summed E-state index contributed by atoms with van der Waals surface area (Å²) in [4.78, 5) is 22.9. The normalized spacial score (nSPS) is 18.1. The minimum absolute atomic E-state index is 0.0761. The van der Waals surface area contributed by atoms with Crippen LogP contribution in [0, 0.1) is 13.8 Å². The SMILES string of the molecule is Cc1ncc(C(=O)N2CC[C@H](c3[nH]ncc3S(C)(=O)=O)C2)c(C)n1. The molecule has 1 fully saturated rings. The third-order valence-electron chi connectivity index (χ3n) is 4.25. The van der Waals surface area contributed by atoms with E-state index in [-0.39, 0.29) is 16.7 Å². The second-order valence-corrected chi connectivity index (χ2v) is 8.06. The minimum Gasteiger partial charge on any atom is -0.338 e. The summed E-state index contributed by atoms with van der Waals surface area (Å²) < 4.78 is 23.7. The van der Waals surface area contributed by atoms with E-state index in [4.69, 9.17) is 0 Å². The Morgan fingerprint density at radius 1 is 1.33 bits per heavy atom. The van der Waals surface area contributed by atoms with Crippen molar-refractivity contribution < 1.29 is 13.2 Å². The Balaban J connectivity index is 1.81. The first-order valence-corrected chi connectivity index (χ1v) is 9.49. The molecule has 3 heterocycles. The van der Waals surface area contributed by atoms with Crippen molar-refractivity contribution in [3.63, 3.8) is 0 Å². The third-order valence-corrected chi connectivity index (χ3v) is 5.37. The lowest BCUT2D eigenvalue weighted by Gasteiger charge is -2.17. The number of aromatic amines is 1. The van der Waals surface area contributed by atoms with Crippen molar-refractivity contribution in [3.8, 4) is 0 Å². The van der Waals surface area contributed by atoms with Crippen LogP contribution >= 0.6 is 0 Å². The van der Waals surface area contributed by atoms with Gasteiger partial charge in [-0.1, -0.05) is 0 Å². The van der Waals surface area contributed by atoms with Gasteiger partial charge in [-0.25, -0.2) is 18.4 Å². The summed E-state index contributed by atoms with van der Waals surface area (Å²) in [6.07, 6.45) is 4.72. The lowest BCUT2D eigenvalue weighted by molar-refractivity contribution is 0.0789. The van der Waals surface area contributed by atoms with Crippen molar-refractivity contribution in [1.29, 1.82) is 0 Å². The van der Waals surface area contributed by atoms with Gasteiger partial charge in [0.1, 0.15) is 10.7 Å². The molecule has 1 aliphatic rings. The smallest absolute Gasteiger partial charge is 0.257 e. The Labute approximate surface area is 140 Å². The summed E-state index contributed by atoms with van der Waals surface area (Å²) in [6.45, 7) is 4.56. The maximum Gasteiger partial charge on any atom is 0.257 e. The molecule has 0 aromatic carbocycles. The number of carbonyl (C=O) groups excluding carboxylic acids is 1. The molecule has 0 bridgehead atoms. The summed E-state index contributed by atoms with van der Waals surface area (Å²) in [5, 5.41) is 6.64. The van der Waals surface area contributed by atoms with Crippen molar-refractivity contribution in [3.05, 3.63) is 35.2 Å². The molecule has 24 heavy (non-hydrogen) atoms. The first-order chi connectivity index (χ1) is 11.3. The van der Waals surface area contributed by atoms with Crippen LogP contribution in [0.5, 0.6) is 0 Å². The van der Waals surface area contributed by atoms with Crippen LogP contribution in [0.15, 0.2) is 17.3 Å². The number of sulfone groups is 1. The molecular formula is C15H19N5O3S. The van der Waals surface area contributed by atoms with E-state index in [2.05, 4.69) is 20.2 Å². The number of amides is 1. The zero-order chi connectivity index (χ0) is 17.5. The largest absolute Gasteiger partial charge is 0.338 e. The molecule has 8 nitrogen and oxygen atoms in total. The van der Waals surface area contributed by atoms with Crippen LogP contribution in [0.4, 0.5) is 0 Å². The molecule has 1 saturated heterocycles. The van der Waals surface area contributed by atoms with Crippen LogP contribution in [-0.2, 0) is 9.84 Å². The van der Waals surface area contributed by atoms with E-state index in [1.54, 1.807) is 24.9 Å². The molecule has 2 aromatic heterocycles. The molecule has 2 aromatic rings. The maximum absolute atomic E-state index is 12.7. The molecule has 0 radical (unpaired) electrons. The second-order valence-electron chi connectivity index (χ2n) is 6.07. The lowest BCUT2D eigenvalue weighted by Crippen LogP contribution is -2.29. The number of H-pyrrole nitrogens is 1. The van der Waals surface area contributed by atoms with Crippen LogP contribution < -0.4 is 0 Å². The Morgan fingerprint density at radius 3 is 2.75 bits per heavy atom. The zero-order valence-electron chi connectivity index (χ0n) is 13.8. The Morgan fingerprint density at radius 2 is 2.08 bits per heavy atom. The number of aromatic nitrogens is 4. The molecule has 0 unspecified atom stereocenters. The molecule has 0 aliphatic carbocycles. The standard InChI is InChI=1S/C15H19N5O3S/c1-9-12(6-16-10(2)18-9)15(21)20-5-4-11(8-20)14-13(7-17-19-14)24(3,22)23/h6-7,11H,4-5,8H2,1-3H3,(H,17,19)/t11-/m0/s1. The average molecular weight is 349 g/mol. The number of hydrogen-bond donors (Lipinski definition) is 1. The van der Waals surface area contributed by atoms with Gasteiger partial charge in [-0.2, -0.15) is 5.10 Å². The van der Waals surface area contributed by atoms with Crippen LogP contribution in [-0.4, -0.2) is 58.7 Å². The van der Waals surface area contributed by atoms with E-state index in [0.29, 0.717) is 42.3 Å². The van der Waals surface area contributed by atoms with Gasteiger partial charge < -0.3 is 4.90 Å². The molecule has 1 amide bonds. The average Bonchev–Trinajstić information content (AvgIpc) is 3.15. The van der Waals surface area contributed by atoms with Gasteiger partial charge in [0, 0.05) is 31.5 Å². The molecule has 3 rings (SSSR count). The van der Waals surface area contributed by atoms with Gasteiger partial charge in [-0.3, -0.25) is 9.89 Å². The lowest BCUT2D eigenvalue weighted by atomic mass is 10.1. The maximum atomic E-state index is 12.7. The molecule has 9 heteroatoms. The summed E-state index contributed by atoms with van der Waals surface area (Å²) in [6, 6.07) is 0. The van der Waals surface area contributed by atoms with E-state index in [1.165, 1.54) is 6.20 Å². The predicted molar refractivity (Wildman–Crippen MR) is 86.5 cm³/mol. The number of nitrogens with one attached hydrogen (secondary N) is 1. The number of rotatable bonds is 3. The number of aryl methyl sites for hydroxylation is 2. The van der Waals surface area contributed by atoms with Crippen LogP contribution in [0.2, 0.25) is 0 Å². The summed E-state index contributed by atoms with van der Waals surface area (Å²) in [7, 11) is -3.35. The van der Waals surface area contributed by atoms with Crippen LogP contribution in [0.1, 0.15) is 39.9 Å². The van der Waals surface area contributed by atoms with Crippen molar-refractivity contribution in [2.75, 3.05) is 19.3 Å². The molecule has 0 spiro atoms. The molecule has 128 valence electrons. The van der Waals surface area contributed by atoms with Crippen molar-refractivity contribution in [2.24, 2.45) is 0 Å². The van der Waals surface area contributed by atoms with Crippen molar-refractivity contribution >= 4 is 15.7 Å². The highest BCUT2D eigenvalue weighted by molar-refractivity contribution is 7.90. The molecule has 1 N–H and O–H groups in total. The van der Waals surface area contributed by atoms with Crippen LogP contribution in [0.3, 0.4) is 0 Å². The fourth-order valence-electron chi connectivity index (χ4n) is 3.02. The topological polar surface area (TPSA) is 109 Å². The van der Waals surface area contributed by atoms with Gasteiger partial charge >= 0.3 is 0 Å². The number of carbonyl (C=O) groups is 1. The number of nitrogens with zero attached hydrogens (tertiary/aromatic N) is 4.